The van der Waals surface area contributed by atoms with E-state index in [0.717, 1.165) is 0 Å². The molecule has 0 spiro atoms. The Morgan fingerprint density at radius 3 is 1.88 bits per heavy atom. The molecule has 1 nitrogen and oxygen atoms in total. The first-order valence-electron chi connectivity index (χ1n) is 2.52. The zero-order valence-corrected chi connectivity index (χ0v) is 7.28. The highest BCUT2D eigenvalue weighted by atomic mass is 79.9. The van der Waals surface area contributed by atoms with E-state index in [1.54, 1.807) is 6.92 Å². The molecule has 8 heavy (non-hydrogen) atoms. The fourth-order valence-electron chi connectivity index (χ4n) is 0.365. The standard InChI is InChI=1S/C5H10BrClO/c1-3(6)5(8)4(2)7/h3-5,8H,1-2H3. The van der Waals surface area contributed by atoms with Crippen LogP contribution in [0.5, 0.6) is 0 Å². The second-order valence-corrected chi connectivity index (χ2v) is 3.98. The minimum Gasteiger partial charge on any atom is -0.390 e. The zero-order valence-electron chi connectivity index (χ0n) is 4.94. The maximum atomic E-state index is 9.02. The van der Waals surface area contributed by atoms with Crippen molar-refractivity contribution in [1.82, 2.24) is 0 Å². The summed E-state index contributed by atoms with van der Waals surface area (Å²) >= 11 is 8.75. The molecule has 0 aliphatic heterocycles. The lowest BCUT2D eigenvalue weighted by Crippen LogP contribution is -2.25. The van der Waals surface area contributed by atoms with Crippen molar-refractivity contribution >= 4 is 27.5 Å². The lowest BCUT2D eigenvalue weighted by Gasteiger charge is -2.14. The molecule has 1 N–H and O–H groups in total. The number of hydrogen-bond donors (Lipinski definition) is 1. The molecule has 0 radical (unpaired) electrons. The van der Waals surface area contributed by atoms with Crippen LogP contribution < -0.4 is 0 Å². The molecule has 0 rings (SSSR count). The third-order valence-electron chi connectivity index (χ3n) is 0.941. The summed E-state index contributed by atoms with van der Waals surface area (Å²) in [5, 5.41) is 8.85. The fraction of sp³-hybridized carbons (Fsp3) is 1.00. The molecule has 50 valence electrons. The van der Waals surface area contributed by atoms with Crippen molar-refractivity contribution in [2.75, 3.05) is 0 Å². The number of hydrogen-bond acceptors (Lipinski definition) is 1. The van der Waals surface area contributed by atoms with Crippen LogP contribution in [-0.4, -0.2) is 21.4 Å². The molecular weight excluding hydrogens is 191 g/mol. The maximum Gasteiger partial charge on any atom is 0.0823 e. The number of aliphatic hydroxyl groups excluding tert-OH is 1. The second kappa shape index (κ2) is 3.70. The molecule has 0 bridgehead atoms. The maximum absolute atomic E-state index is 9.02. The monoisotopic (exact) mass is 200 g/mol. The predicted octanol–water partition coefficient (Wildman–Crippen LogP) is 1.76. The topological polar surface area (TPSA) is 20.2 Å². The van der Waals surface area contributed by atoms with E-state index in [1.807, 2.05) is 6.92 Å². The molecular formula is C5H10BrClO. The minimum atomic E-state index is -0.448. The van der Waals surface area contributed by atoms with Gasteiger partial charge in [0.2, 0.25) is 0 Å². The van der Waals surface area contributed by atoms with E-state index >= 15 is 0 Å². The Morgan fingerprint density at radius 2 is 1.88 bits per heavy atom. The van der Waals surface area contributed by atoms with E-state index in [9.17, 15) is 0 Å². The van der Waals surface area contributed by atoms with Crippen molar-refractivity contribution in [3.63, 3.8) is 0 Å². The lowest BCUT2D eigenvalue weighted by atomic mass is 10.2. The molecule has 0 aromatic carbocycles. The summed E-state index contributed by atoms with van der Waals surface area (Å²) in [6, 6.07) is 0. The molecule has 0 amide bonds. The van der Waals surface area contributed by atoms with Crippen molar-refractivity contribution < 1.29 is 5.11 Å². The third kappa shape index (κ3) is 2.90. The number of rotatable bonds is 2. The van der Waals surface area contributed by atoms with Gasteiger partial charge in [0.05, 0.1) is 11.5 Å². The van der Waals surface area contributed by atoms with Crippen molar-refractivity contribution in [3.05, 3.63) is 0 Å². The van der Waals surface area contributed by atoms with Crippen molar-refractivity contribution in [1.29, 1.82) is 0 Å². The van der Waals surface area contributed by atoms with Gasteiger partial charge < -0.3 is 5.11 Å². The van der Waals surface area contributed by atoms with Gasteiger partial charge in [-0.25, -0.2) is 0 Å². The highest BCUT2D eigenvalue weighted by Crippen LogP contribution is 2.11. The zero-order chi connectivity index (χ0) is 6.73. The highest BCUT2D eigenvalue weighted by Gasteiger charge is 2.15. The molecule has 0 saturated carbocycles. The van der Waals surface area contributed by atoms with E-state index < -0.39 is 6.10 Å². The quantitative estimate of drug-likeness (QED) is 0.675. The van der Waals surface area contributed by atoms with E-state index in [0.29, 0.717) is 0 Å². The molecule has 0 aliphatic carbocycles. The second-order valence-electron chi connectivity index (χ2n) is 1.85. The van der Waals surface area contributed by atoms with Crippen LogP contribution in [-0.2, 0) is 0 Å². The summed E-state index contributed by atoms with van der Waals surface area (Å²) in [7, 11) is 0. The Hall–Kier alpha value is 0.730. The van der Waals surface area contributed by atoms with E-state index in [4.69, 9.17) is 16.7 Å². The van der Waals surface area contributed by atoms with Gasteiger partial charge in [0.25, 0.3) is 0 Å². The van der Waals surface area contributed by atoms with Crippen LogP contribution in [0.15, 0.2) is 0 Å². The number of halogens is 2. The summed E-state index contributed by atoms with van der Waals surface area (Å²) in [6.45, 7) is 3.63. The Morgan fingerprint density at radius 1 is 1.50 bits per heavy atom. The summed E-state index contributed by atoms with van der Waals surface area (Å²) < 4.78 is 0. The first kappa shape index (κ1) is 8.73. The summed E-state index contributed by atoms with van der Waals surface area (Å²) in [5.41, 5.74) is 0. The summed E-state index contributed by atoms with van der Waals surface area (Å²) in [4.78, 5) is 0.0787. The summed E-state index contributed by atoms with van der Waals surface area (Å²) in [6.07, 6.45) is -0.448. The van der Waals surface area contributed by atoms with Gasteiger partial charge in [-0.15, -0.1) is 11.6 Å². The lowest BCUT2D eigenvalue weighted by molar-refractivity contribution is 0.177. The predicted molar refractivity (Wildman–Crippen MR) is 39.7 cm³/mol. The van der Waals surface area contributed by atoms with Crippen LogP contribution in [0.3, 0.4) is 0 Å². The Labute approximate surface area is 63.2 Å². The first-order chi connectivity index (χ1) is 3.55. The summed E-state index contributed by atoms with van der Waals surface area (Å²) in [5.74, 6) is 0. The van der Waals surface area contributed by atoms with Gasteiger partial charge in [-0.05, 0) is 6.92 Å². The highest BCUT2D eigenvalue weighted by molar-refractivity contribution is 9.09. The number of alkyl halides is 2. The average Bonchev–Trinajstić information content (AvgIpc) is 1.64. The van der Waals surface area contributed by atoms with Gasteiger partial charge in [0.15, 0.2) is 0 Å². The van der Waals surface area contributed by atoms with Crippen LogP contribution in [0.25, 0.3) is 0 Å². The van der Waals surface area contributed by atoms with Gasteiger partial charge in [-0.2, -0.15) is 0 Å². The SMILES string of the molecule is CC(Cl)C(O)C(C)Br. The van der Waals surface area contributed by atoms with Crippen molar-refractivity contribution in [3.8, 4) is 0 Å². The van der Waals surface area contributed by atoms with Gasteiger partial charge in [-0.3, -0.25) is 0 Å². The normalized spacial score (nSPS) is 22.1. The first-order valence-corrected chi connectivity index (χ1v) is 3.87. The third-order valence-corrected chi connectivity index (χ3v) is 1.74. The number of aliphatic hydroxyl groups is 1. The van der Waals surface area contributed by atoms with Crippen LogP contribution >= 0.6 is 27.5 Å². The van der Waals surface area contributed by atoms with Crippen LogP contribution in [0.2, 0.25) is 0 Å². The smallest absolute Gasteiger partial charge is 0.0823 e. The van der Waals surface area contributed by atoms with E-state index in [2.05, 4.69) is 15.9 Å². The Balaban J connectivity index is 3.46. The van der Waals surface area contributed by atoms with Crippen LogP contribution in [0.4, 0.5) is 0 Å². The van der Waals surface area contributed by atoms with Crippen LogP contribution in [0, 0.1) is 0 Å². The Kier molecular flexibility index (Phi) is 4.04. The molecule has 3 unspecified atom stereocenters. The van der Waals surface area contributed by atoms with Crippen LogP contribution in [0.1, 0.15) is 13.8 Å². The fourth-order valence-corrected chi connectivity index (χ4v) is 1.22. The molecule has 0 aromatic rings. The van der Waals surface area contributed by atoms with Crippen molar-refractivity contribution in [2.24, 2.45) is 0 Å². The van der Waals surface area contributed by atoms with E-state index in [-0.39, 0.29) is 10.2 Å². The van der Waals surface area contributed by atoms with Gasteiger partial charge in [-0.1, -0.05) is 22.9 Å². The average molecular weight is 201 g/mol. The molecule has 0 aromatic heterocycles. The molecule has 3 heteroatoms. The van der Waals surface area contributed by atoms with Crippen molar-refractivity contribution in [2.45, 2.75) is 30.2 Å². The minimum absolute atomic E-state index is 0.0787. The molecule has 3 atom stereocenters. The molecule has 0 fully saturated rings. The molecule has 0 saturated heterocycles. The molecule has 0 heterocycles. The van der Waals surface area contributed by atoms with E-state index in [1.165, 1.54) is 0 Å². The molecule has 0 aliphatic rings. The van der Waals surface area contributed by atoms with Gasteiger partial charge >= 0.3 is 0 Å². The largest absolute Gasteiger partial charge is 0.390 e. The Bertz CT molecular complexity index is 57.4. The van der Waals surface area contributed by atoms with Gasteiger partial charge in [0.1, 0.15) is 0 Å². The van der Waals surface area contributed by atoms with Gasteiger partial charge in [0, 0.05) is 4.83 Å².